The Morgan fingerprint density at radius 1 is 1.53 bits per heavy atom. The second-order valence-electron chi connectivity index (χ2n) is 4.57. The minimum atomic E-state index is 0.737. The number of hydrogen-bond acceptors (Lipinski definition) is 2. The number of aromatic nitrogens is 2. The van der Waals surface area contributed by atoms with E-state index in [0.717, 1.165) is 18.5 Å². The molecule has 1 aliphatic carbocycles. The van der Waals surface area contributed by atoms with Crippen LogP contribution in [0.2, 0.25) is 0 Å². The molecule has 1 N–H and O–H groups in total. The van der Waals surface area contributed by atoms with Crippen molar-refractivity contribution in [2.45, 2.75) is 45.2 Å². The first kappa shape index (κ1) is 10.7. The summed E-state index contributed by atoms with van der Waals surface area (Å²) in [4.78, 5) is 0. The Kier molecular flexibility index (Phi) is 3.41. The molecule has 0 saturated heterocycles. The summed E-state index contributed by atoms with van der Waals surface area (Å²) in [6, 6.07) is 2.81. The molecule has 1 aromatic heterocycles. The highest BCUT2D eigenvalue weighted by atomic mass is 15.3. The van der Waals surface area contributed by atoms with Crippen molar-refractivity contribution in [2.75, 3.05) is 7.05 Å². The van der Waals surface area contributed by atoms with Crippen LogP contribution in [0.1, 0.15) is 31.4 Å². The van der Waals surface area contributed by atoms with E-state index in [2.05, 4.69) is 35.1 Å². The molecule has 0 aliphatic heterocycles. The summed E-state index contributed by atoms with van der Waals surface area (Å²) in [7, 11) is 2.09. The van der Waals surface area contributed by atoms with Crippen molar-refractivity contribution >= 4 is 0 Å². The van der Waals surface area contributed by atoms with Gasteiger partial charge in [0.1, 0.15) is 0 Å². The van der Waals surface area contributed by atoms with E-state index in [-0.39, 0.29) is 0 Å². The van der Waals surface area contributed by atoms with Gasteiger partial charge in [-0.1, -0.05) is 6.42 Å². The van der Waals surface area contributed by atoms with Crippen LogP contribution in [0, 0.1) is 12.8 Å². The third kappa shape index (κ3) is 2.40. The van der Waals surface area contributed by atoms with Gasteiger partial charge in [-0.3, -0.25) is 4.68 Å². The van der Waals surface area contributed by atoms with Crippen LogP contribution in [0.25, 0.3) is 0 Å². The first-order valence-electron chi connectivity index (χ1n) is 5.97. The van der Waals surface area contributed by atoms with Crippen molar-refractivity contribution in [3.8, 4) is 0 Å². The Balaban J connectivity index is 1.85. The zero-order valence-electron chi connectivity index (χ0n) is 9.74. The highest BCUT2D eigenvalue weighted by Crippen LogP contribution is 2.28. The van der Waals surface area contributed by atoms with E-state index in [9.17, 15) is 0 Å². The van der Waals surface area contributed by atoms with Crippen LogP contribution in [0.4, 0.5) is 0 Å². The van der Waals surface area contributed by atoms with Gasteiger partial charge in [0.05, 0.1) is 0 Å². The molecule has 2 atom stereocenters. The van der Waals surface area contributed by atoms with E-state index in [4.69, 9.17) is 0 Å². The first-order valence-corrected chi connectivity index (χ1v) is 5.97. The van der Waals surface area contributed by atoms with E-state index >= 15 is 0 Å². The monoisotopic (exact) mass is 207 g/mol. The van der Waals surface area contributed by atoms with Crippen LogP contribution < -0.4 is 5.32 Å². The fourth-order valence-corrected chi connectivity index (χ4v) is 2.68. The maximum Gasteiger partial charge on any atom is 0.0492 e. The van der Waals surface area contributed by atoms with Gasteiger partial charge in [0.2, 0.25) is 0 Å². The number of hydrogen-bond donors (Lipinski definition) is 1. The largest absolute Gasteiger partial charge is 0.317 e. The summed E-state index contributed by atoms with van der Waals surface area (Å²) >= 11 is 0. The molecule has 1 aromatic rings. The maximum atomic E-state index is 4.32. The molecule has 3 nitrogen and oxygen atoms in total. The molecule has 1 heterocycles. The molecular formula is C12H21N3. The van der Waals surface area contributed by atoms with Gasteiger partial charge in [-0.25, -0.2) is 0 Å². The lowest BCUT2D eigenvalue weighted by atomic mass is 10.00. The predicted octanol–water partition coefficient (Wildman–Crippen LogP) is 1.97. The van der Waals surface area contributed by atoms with Gasteiger partial charge >= 0.3 is 0 Å². The fraction of sp³-hybridized carbons (Fsp3) is 0.750. The first-order chi connectivity index (χ1) is 7.31. The van der Waals surface area contributed by atoms with E-state index in [0.29, 0.717) is 0 Å². The molecule has 0 radical (unpaired) electrons. The predicted molar refractivity (Wildman–Crippen MR) is 61.8 cm³/mol. The average Bonchev–Trinajstić information content (AvgIpc) is 2.83. The summed E-state index contributed by atoms with van der Waals surface area (Å²) in [5, 5.41) is 7.75. The van der Waals surface area contributed by atoms with Gasteiger partial charge in [-0.15, -0.1) is 0 Å². The van der Waals surface area contributed by atoms with Gasteiger partial charge in [-0.05, 0) is 45.2 Å². The van der Waals surface area contributed by atoms with E-state index in [1.807, 2.05) is 6.20 Å². The Hall–Kier alpha value is -0.830. The second kappa shape index (κ2) is 4.79. The van der Waals surface area contributed by atoms with E-state index in [1.165, 1.54) is 31.4 Å². The Morgan fingerprint density at radius 2 is 2.40 bits per heavy atom. The van der Waals surface area contributed by atoms with Crippen LogP contribution in [-0.2, 0) is 6.54 Å². The third-order valence-electron chi connectivity index (χ3n) is 3.67. The summed E-state index contributed by atoms with van der Waals surface area (Å²) in [6.45, 7) is 3.19. The molecule has 84 valence electrons. The number of aryl methyl sites for hydroxylation is 2. The van der Waals surface area contributed by atoms with Crippen LogP contribution >= 0.6 is 0 Å². The second-order valence-corrected chi connectivity index (χ2v) is 4.57. The van der Waals surface area contributed by atoms with Gasteiger partial charge in [-0.2, -0.15) is 5.10 Å². The molecule has 0 bridgehead atoms. The van der Waals surface area contributed by atoms with Crippen LogP contribution in [0.15, 0.2) is 12.3 Å². The number of nitrogens with zero attached hydrogens (tertiary/aromatic N) is 2. The molecule has 0 spiro atoms. The molecule has 0 amide bonds. The van der Waals surface area contributed by atoms with E-state index in [1.54, 1.807) is 0 Å². The molecule has 3 heteroatoms. The summed E-state index contributed by atoms with van der Waals surface area (Å²) in [6.07, 6.45) is 7.26. The Bertz CT molecular complexity index is 306. The smallest absolute Gasteiger partial charge is 0.0492 e. The molecule has 2 rings (SSSR count). The van der Waals surface area contributed by atoms with Crippen LogP contribution in [0.5, 0.6) is 0 Å². The normalized spacial score (nSPS) is 26.0. The molecule has 1 aliphatic rings. The fourth-order valence-electron chi connectivity index (χ4n) is 2.68. The van der Waals surface area contributed by atoms with Crippen molar-refractivity contribution in [2.24, 2.45) is 5.92 Å². The average molecular weight is 207 g/mol. The zero-order valence-corrected chi connectivity index (χ0v) is 9.74. The van der Waals surface area contributed by atoms with Gasteiger partial charge in [0.25, 0.3) is 0 Å². The van der Waals surface area contributed by atoms with Gasteiger partial charge in [0, 0.05) is 24.5 Å². The lowest BCUT2D eigenvalue weighted by Gasteiger charge is -2.18. The van der Waals surface area contributed by atoms with E-state index < -0.39 is 0 Å². The third-order valence-corrected chi connectivity index (χ3v) is 3.67. The molecule has 0 aromatic carbocycles. The lowest BCUT2D eigenvalue weighted by molar-refractivity contribution is 0.367. The Labute approximate surface area is 91.9 Å². The number of rotatable bonds is 4. The van der Waals surface area contributed by atoms with Crippen LogP contribution in [0.3, 0.4) is 0 Å². The van der Waals surface area contributed by atoms with Crippen molar-refractivity contribution in [3.63, 3.8) is 0 Å². The highest BCUT2D eigenvalue weighted by molar-refractivity contribution is 4.96. The van der Waals surface area contributed by atoms with Gasteiger partial charge < -0.3 is 5.32 Å². The molecule has 1 fully saturated rings. The summed E-state index contributed by atoms with van der Waals surface area (Å²) in [5.74, 6) is 0.846. The molecule has 1 saturated carbocycles. The molecule has 15 heavy (non-hydrogen) atoms. The summed E-state index contributed by atoms with van der Waals surface area (Å²) in [5.41, 5.74) is 1.27. The number of nitrogens with one attached hydrogen (secondary N) is 1. The van der Waals surface area contributed by atoms with Crippen molar-refractivity contribution in [1.82, 2.24) is 15.1 Å². The molecular weight excluding hydrogens is 186 g/mol. The van der Waals surface area contributed by atoms with Crippen molar-refractivity contribution < 1.29 is 0 Å². The summed E-state index contributed by atoms with van der Waals surface area (Å²) < 4.78 is 2.12. The van der Waals surface area contributed by atoms with Crippen molar-refractivity contribution in [1.29, 1.82) is 0 Å². The highest BCUT2D eigenvalue weighted by Gasteiger charge is 2.25. The standard InChI is InChI=1S/C12H21N3/c1-10-6-8-14-15(10)9-7-11-4-3-5-12(11)13-2/h6,8,11-13H,3-5,7,9H2,1-2H3. The zero-order chi connectivity index (χ0) is 10.7. The topological polar surface area (TPSA) is 29.9 Å². The van der Waals surface area contributed by atoms with Crippen molar-refractivity contribution in [3.05, 3.63) is 18.0 Å². The Morgan fingerprint density at radius 3 is 3.07 bits per heavy atom. The van der Waals surface area contributed by atoms with Gasteiger partial charge in [0.15, 0.2) is 0 Å². The van der Waals surface area contributed by atoms with Crippen LogP contribution in [-0.4, -0.2) is 22.9 Å². The SMILES string of the molecule is CNC1CCCC1CCn1nccc1C. The lowest BCUT2D eigenvalue weighted by Crippen LogP contribution is -2.29. The molecule has 2 unspecified atom stereocenters. The maximum absolute atomic E-state index is 4.32. The minimum Gasteiger partial charge on any atom is -0.317 e. The minimum absolute atomic E-state index is 0.737. The quantitative estimate of drug-likeness (QED) is 0.818.